The first-order chi connectivity index (χ1) is 10.0. The number of carboxylic acids is 1. The summed E-state index contributed by atoms with van der Waals surface area (Å²) in [6.07, 6.45) is 3.28. The van der Waals surface area contributed by atoms with Crippen molar-refractivity contribution in [3.63, 3.8) is 0 Å². The van der Waals surface area contributed by atoms with E-state index in [1.807, 2.05) is 11.6 Å². The number of rotatable bonds is 3. The minimum atomic E-state index is -0.946. The summed E-state index contributed by atoms with van der Waals surface area (Å²) in [7, 11) is 1.91. The molecule has 1 aromatic heterocycles. The van der Waals surface area contributed by atoms with Gasteiger partial charge in [0.05, 0.1) is 22.7 Å². The summed E-state index contributed by atoms with van der Waals surface area (Å²) in [4.78, 5) is 15.5. The molecule has 0 radical (unpaired) electrons. The van der Waals surface area contributed by atoms with Crippen molar-refractivity contribution in [2.75, 3.05) is 5.32 Å². The van der Waals surface area contributed by atoms with Crippen molar-refractivity contribution >= 4 is 23.0 Å². The molecule has 1 saturated carbocycles. The number of carbonyl (C=O) groups is 1. The number of aliphatic hydroxyl groups is 1. The Hall–Kier alpha value is -2.08. The van der Waals surface area contributed by atoms with Gasteiger partial charge < -0.3 is 20.1 Å². The largest absolute Gasteiger partial charge is 0.478 e. The first-order valence-electron chi connectivity index (χ1n) is 7.19. The number of nitrogens with zero attached hydrogens (tertiary/aromatic N) is 2. The summed E-state index contributed by atoms with van der Waals surface area (Å²) in [6.45, 7) is 0. The molecule has 0 amide bonds. The Balaban J connectivity index is 1.85. The third-order valence-corrected chi connectivity index (χ3v) is 4.16. The highest BCUT2D eigenvalue weighted by molar-refractivity contribution is 5.93. The van der Waals surface area contributed by atoms with Crippen molar-refractivity contribution in [2.24, 2.45) is 7.05 Å². The van der Waals surface area contributed by atoms with Gasteiger partial charge in [-0.15, -0.1) is 0 Å². The molecular weight excluding hydrogens is 270 g/mol. The quantitative estimate of drug-likeness (QED) is 0.804. The molecule has 3 rings (SSSR count). The number of nitrogens with one attached hydrogen (secondary N) is 1. The van der Waals surface area contributed by atoms with E-state index in [2.05, 4.69) is 10.3 Å². The van der Waals surface area contributed by atoms with Gasteiger partial charge in [0.25, 0.3) is 0 Å². The van der Waals surface area contributed by atoms with Gasteiger partial charge in [-0.25, -0.2) is 9.78 Å². The van der Waals surface area contributed by atoms with Crippen LogP contribution in [0.2, 0.25) is 0 Å². The molecule has 6 nitrogen and oxygen atoms in total. The van der Waals surface area contributed by atoms with E-state index in [9.17, 15) is 9.90 Å². The van der Waals surface area contributed by atoms with Gasteiger partial charge in [0.15, 0.2) is 0 Å². The number of imidazole rings is 1. The average Bonchev–Trinajstić information content (AvgIpc) is 2.77. The second-order valence-corrected chi connectivity index (χ2v) is 5.65. The van der Waals surface area contributed by atoms with E-state index in [4.69, 9.17) is 5.11 Å². The van der Waals surface area contributed by atoms with Crippen LogP contribution >= 0.6 is 0 Å². The molecule has 21 heavy (non-hydrogen) atoms. The molecule has 1 fully saturated rings. The van der Waals surface area contributed by atoms with E-state index in [0.29, 0.717) is 11.6 Å². The number of aliphatic hydroxyl groups excluding tert-OH is 1. The van der Waals surface area contributed by atoms with Crippen LogP contribution in [0.25, 0.3) is 11.0 Å². The summed E-state index contributed by atoms with van der Waals surface area (Å²) in [6, 6.07) is 5.27. The fourth-order valence-corrected chi connectivity index (χ4v) is 2.86. The summed E-state index contributed by atoms with van der Waals surface area (Å²) < 4.78 is 1.94. The van der Waals surface area contributed by atoms with Gasteiger partial charge in [-0.3, -0.25) is 0 Å². The average molecular weight is 289 g/mol. The molecule has 1 heterocycles. The van der Waals surface area contributed by atoms with Crippen molar-refractivity contribution in [3.8, 4) is 0 Å². The number of hydrogen-bond donors (Lipinski definition) is 3. The Kier molecular flexibility index (Phi) is 3.55. The van der Waals surface area contributed by atoms with E-state index in [1.165, 1.54) is 0 Å². The van der Waals surface area contributed by atoms with E-state index < -0.39 is 5.97 Å². The molecule has 112 valence electrons. The number of carboxylic acid groups (broad SMARTS) is 1. The second-order valence-electron chi connectivity index (χ2n) is 5.65. The van der Waals surface area contributed by atoms with Crippen molar-refractivity contribution in [2.45, 2.75) is 37.8 Å². The monoisotopic (exact) mass is 289 g/mol. The summed E-state index contributed by atoms with van der Waals surface area (Å²) in [5.41, 5.74) is 1.82. The zero-order valence-corrected chi connectivity index (χ0v) is 11.9. The topological polar surface area (TPSA) is 87.4 Å². The highest BCUT2D eigenvalue weighted by Crippen LogP contribution is 2.24. The van der Waals surface area contributed by atoms with Crippen LogP contribution in [0.3, 0.4) is 0 Å². The zero-order valence-electron chi connectivity index (χ0n) is 11.9. The molecule has 0 bridgehead atoms. The fraction of sp³-hybridized carbons (Fsp3) is 0.467. The molecule has 3 N–H and O–H groups in total. The first kappa shape index (κ1) is 13.9. The molecule has 0 saturated heterocycles. The molecule has 1 aromatic carbocycles. The van der Waals surface area contributed by atoms with E-state index in [0.717, 1.165) is 37.1 Å². The Labute approximate surface area is 122 Å². The predicted molar refractivity (Wildman–Crippen MR) is 79.6 cm³/mol. The van der Waals surface area contributed by atoms with Crippen LogP contribution in [0.15, 0.2) is 18.2 Å². The van der Waals surface area contributed by atoms with Gasteiger partial charge in [-0.1, -0.05) is 0 Å². The fourth-order valence-electron chi connectivity index (χ4n) is 2.86. The number of fused-ring (bicyclic) bond motifs is 1. The molecule has 0 atom stereocenters. The highest BCUT2D eigenvalue weighted by Gasteiger charge is 2.21. The Morgan fingerprint density at radius 3 is 2.71 bits per heavy atom. The van der Waals surface area contributed by atoms with Crippen molar-refractivity contribution in [3.05, 3.63) is 23.8 Å². The van der Waals surface area contributed by atoms with E-state index in [1.54, 1.807) is 18.2 Å². The van der Waals surface area contributed by atoms with Crippen LogP contribution in [-0.4, -0.2) is 37.9 Å². The van der Waals surface area contributed by atoms with Gasteiger partial charge in [-0.05, 0) is 43.9 Å². The smallest absolute Gasteiger partial charge is 0.335 e. The van der Waals surface area contributed by atoms with Crippen LogP contribution in [0.5, 0.6) is 0 Å². The van der Waals surface area contributed by atoms with Crippen molar-refractivity contribution in [1.82, 2.24) is 9.55 Å². The van der Waals surface area contributed by atoms with Gasteiger partial charge in [0.1, 0.15) is 0 Å². The molecule has 1 aliphatic carbocycles. The normalized spacial score (nSPS) is 22.4. The number of anilines is 1. The SMILES string of the molecule is Cn1c(NC2CCC(O)CC2)nc2cc(C(=O)O)ccc21. The second kappa shape index (κ2) is 5.37. The third kappa shape index (κ3) is 2.71. The minimum absolute atomic E-state index is 0.179. The third-order valence-electron chi connectivity index (χ3n) is 4.16. The van der Waals surface area contributed by atoms with Crippen LogP contribution in [0.4, 0.5) is 5.95 Å². The number of aromatic carboxylic acids is 1. The molecule has 1 aliphatic rings. The van der Waals surface area contributed by atoms with Gasteiger partial charge >= 0.3 is 5.97 Å². The lowest BCUT2D eigenvalue weighted by Gasteiger charge is -2.26. The van der Waals surface area contributed by atoms with Gasteiger partial charge in [0, 0.05) is 13.1 Å². The van der Waals surface area contributed by atoms with Gasteiger partial charge in [0.2, 0.25) is 5.95 Å². The van der Waals surface area contributed by atoms with Crippen LogP contribution < -0.4 is 5.32 Å². The Morgan fingerprint density at radius 1 is 1.33 bits per heavy atom. The lowest BCUT2D eigenvalue weighted by molar-refractivity contribution is 0.0697. The maximum Gasteiger partial charge on any atom is 0.335 e. The maximum absolute atomic E-state index is 11.0. The molecule has 0 spiro atoms. The number of aromatic nitrogens is 2. The lowest BCUT2D eigenvalue weighted by Crippen LogP contribution is -2.29. The maximum atomic E-state index is 11.0. The molecular formula is C15H19N3O3. The van der Waals surface area contributed by atoms with Crippen LogP contribution in [0.1, 0.15) is 36.0 Å². The first-order valence-corrected chi connectivity index (χ1v) is 7.19. The van der Waals surface area contributed by atoms with Gasteiger partial charge in [-0.2, -0.15) is 0 Å². The minimum Gasteiger partial charge on any atom is -0.478 e. The van der Waals surface area contributed by atoms with Crippen molar-refractivity contribution < 1.29 is 15.0 Å². The summed E-state index contributed by atoms with van der Waals surface area (Å²) in [5, 5.41) is 22.0. The number of benzene rings is 1. The predicted octanol–water partition coefficient (Wildman–Crippen LogP) is 1.99. The Bertz CT molecular complexity index is 672. The van der Waals surface area contributed by atoms with Crippen LogP contribution in [-0.2, 0) is 7.05 Å². The molecule has 2 aromatic rings. The summed E-state index contributed by atoms with van der Waals surface area (Å²) >= 11 is 0. The number of aryl methyl sites for hydroxylation is 1. The Morgan fingerprint density at radius 2 is 2.05 bits per heavy atom. The molecule has 0 unspecified atom stereocenters. The summed E-state index contributed by atoms with van der Waals surface area (Å²) in [5.74, 6) is -0.202. The van der Waals surface area contributed by atoms with E-state index >= 15 is 0 Å². The number of hydrogen-bond acceptors (Lipinski definition) is 4. The van der Waals surface area contributed by atoms with Crippen molar-refractivity contribution in [1.29, 1.82) is 0 Å². The highest BCUT2D eigenvalue weighted by atomic mass is 16.4. The lowest BCUT2D eigenvalue weighted by atomic mass is 9.93. The van der Waals surface area contributed by atoms with E-state index in [-0.39, 0.29) is 11.7 Å². The standard InChI is InChI=1S/C15H19N3O3/c1-18-13-7-2-9(14(20)21)8-12(13)17-15(18)16-10-3-5-11(19)6-4-10/h2,7-8,10-11,19H,3-6H2,1H3,(H,16,17)(H,20,21). The molecule has 0 aliphatic heterocycles. The van der Waals surface area contributed by atoms with Crippen LogP contribution in [0, 0.1) is 0 Å². The zero-order chi connectivity index (χ0) is 15.0. The molecule has 6 heteroatoms.